The molecular weight excluding hydrogens is 302 g/mol. The number of aromatic hydroxyl groups is 2. The monoisotopic (exact) mass is 317 g/mol. The quantitative estimate of drug-likeness (QED) is 0.841. The molecule has 0 saturated heterocycles. The summed E-state index contributed by atoms with van der Waals surface area (Å²) in [6.45, 7) is 1.87. The van der Waals surface area contributed by atoms with Crippen molar-refractivity contribution in [1.29, 1.82) is 0 Å². The molecule has 2 aromatic rings. The highest BCUT2D eigenvalue weighted by atomic mass is 35.5. The molecule has 1 saturated carbocycles. The minimum absolute atomic E-state index is 0.0167. The van der Waals surface area contributed by atoms with E-state index in [1.165, 1.54) is 4.57 Å². The first-order chi connectivity index (χ1) is 10.5. The second kappa shape index (κ2) is 4.53. The second-order valence-corrected chi connectivity index (χ2v) is 6.65. The van der Waals surface area contributed by atoms with E-state index in [4.69, 9.17) is 11.6 Å². The van der Waals surface area contributed by atoms with Crippen LogP contribution in [0.1, 0.15) is 47.8 Å². The molecule has 3 aliphatic rings. The number of hydrogen-bond donors (Lipinski definition) is 2. The topological polar surface area (TPSA) is 62.5 Å². The fraction of sp³-hybridized carbons (Fsp3) is 0.353. The van der Waals surface area contributed by atoms with E-state index in [-0.39, 0.29) is 29.4 Å². The molecule has 0 aliphatic heterocycles. The Bertz CT molecular complexity index is 809. The van der Waals surface area contributed by atoms with E-state index in [1.807, 2.05) is 13.0 Å². The van der Waals surface area contributed by atoms with Crippen LogP contribution in [0.3, 0.4) is 0 Å². The van der Waals surface area contributed by atoms with Gasteiger partial charge in [-0.1, -0.05) is 11.6 Å². The van der Waals surface area contributed by atoms with Crippen LogP contribution in [0, 0.1) is 6.92 Å². The Balaban J connectivity index is 1.96. The van der Waals surface area contributed by atoms with Gasteiger partial charge in [-0.05, 0) is 49.4 Å². The van der Waals surface area contributed by atoms with Gasteiger partial charge in [-0.25, -0.2) is 0 Å². The van der Waals surface area contributed by atoms with Crippen LogP contribution in [-0.4, -0.2) is 20.6 Å². The van der Waals surface area contributed by atoms with E-state index in [1.54, 1.807) is 12.1 Å². The lowest BCUT2D eigenvalue weighted by atomic mass is 9.67. The molecule has 1 aromatic carbocycles. The molecule has 2 N–H and O–H groups in total. The van der Waals surface area contributed by atoms with Gasteiger partial charge in [-0.2, -0.15) is 0 Å². The zero-order valence-electron chi connectivity index (χ0n) is 12.1. The molecule has 1 aromatic heterocycles. The number of fused-ring (bicyclic) bond motifs is 2. The van der Waals surface area contributed by atoms with Crippen molar-refractivity contribution in [3.8, 4) is 17.4 Å². The molecule has 114 valence electrons. The number of Topliss-reactive ketones (excluding diaryl/α,β-unsaturated/α-hetero) is 1. The zero-order chi connectivity index (χ0) is 15.6. The predicted octanol–water partition coefficient (Wildman–Crippen LogP) is 3.78. The molecule has 5 rings (SSSR count). The van der Waals surface area contributed by atoms with Gasteiger partial charge in [-0.3, -0.25) is 9.36 Å². The number of benzene rings is 1. The molecule has 0 amide bonds. The molecule has 1 fully saturated rings. The lowest BCUT2D eigenvalue weighted by Crippen LogP contribution is -2.28. The van der Waals surface area contributed by atoms with Gasteiger partial charge in [-0.15, -0.1) is 0 Å². The summed E-state index contributed by atoms with van der Waals surface area (Å²) < 4.78 is 1.43. The highest BCUT2D eigenvalue weighted by Crippen LogP contribution is 2.55. The minimum atomic E-state index is -0.277. The average molecular weight is 318 g/mol. The largest absolute Gasteiger partial charge is 0.494 e. The van der Waals surface area contributed by atoms with Gasteiger partial charge in [0.1, 0.15) is 5.78 Å². The van der Waals surface area contributed by atoms with Crippen molar-refractivity contribution in [2.24, 2.45) is 0 Å². The second-order valence-electron chi connectivity index (χ2n) is 6.24. The van der Waals surface area contributed by atoms with Gasteiger partial charge in [0.15, 0.2) is 0 Å². The smallest absolute Gasteiger partial charge is 0.202 e. The summed E-state index contributed by atoms with van der Waals surface area (Å²) in [5, 5.41) is 21.9. The van der Waals surface area contributed by atoms with Crippen molar-refractivity contribution in [1.82, 2.24) is 4.57 Å². The molecule has 0 spiro atoms. The van der Waals surface area contributed by atoms with Gasteiger partial charge in [0.05, 0.1) is 5.69 Å². The molecule has 22 heavy (non-hydrogen) atoms. The normalized spacial score (nSPS) is 22.9. The van der Waals surface area contributed by atoms with Crippen molar-refractivity contribution in [2.45, 2.75) is 38.0 Å². The fourth-order valence-corrected chi connectivity index (χ4v) is 4.03. The zero-order valence-corrected chi connectivity index (χ0v) is 12.9. The van der Waals surface area contributed by atoms with Crippen LogP contribution in [-0.2, 0) is 4.79 Å². The van der Waals surface area contributed by atoms with Crippen LogP contribution in [0.2, 0.25) is 5.02 Å². The Labute approximate surface area is 133 Å². The van der Waals surface area contributed by atoms with E-state index in [0.29, 0.717) is 22.7 Å². The van der Waals surface area contributed by atoms with Gasteiger partial charge in [0.2, 0.25) is 11.8 Å². The lowest BCUT2D eigenvalue weighted by molar-refractivity contribution is -0.123. The third-order valence-corrected chi connectivity index (χ3v) is 5.42. The maximum absolute atomic E-state index is 12.1. The van der Waals surface area contributed by atoms with Gasteiger partial charge < -0.3 is 10.2 Å². The Morgan fingerprint density at radius 3 is 2.59 bits per heavy atom. The Hall–Kier alpha value is -1.94. The van der Waals surface area contributed by atoms with Crippen LogP contribution >= 0.6 is 11.6 Å². The van der Waals surface area contributed by atoms with Crippen LogP contribution in [0.15, 0.2) is 18.2 Å². The SMILES string of the molecule is Cc1cc(-n2c(O)c3c(c2O)[C@@H]2CC[C@H]3CC2=O)ccc1Cl. The first-order valence-corrected chi connectivity index (χ1v) is 7.82. The molecular formula is C17H16ClNO3. The number of rotatable bonds is 1. The van der Waals surface area contributed by atoms with Gasteiger partial charge >= 0.3 is 0 Å². The average Bonchev–Trinajstić information content (AvgIpc) is 2.76. The van der Waals surface area contributed by atoms with Crippen molar-refractivity contribution in [3.63, 3.8) is 0 Å². The van der Waals surface area contributed by atoms with Crippen molar-refractivity contribution in [3.05, 3.63) is 39.9 Å². The molecule has 2 bridgehead atoms. The third-order valence-electron chi connectivity index (χ3n) is 4.99. The number of carbonyl (C=O) groups excluding carboxylic acids is 1. The molecule has 5 heteroatoms. The summed E-state index contributed by atoms with van der Waals surface area (Å²) in [5.41, 5.74) is 2.89. The molecule has 1 heterocycles. The van der Waals surface area contributed by atoms with Crippen LogP contribution < -0.4 is 0 Å². The van der Waals surface area contributed by atoms with Crippen molar-refractivity contribution < 1.29 is 15.0 Å². The summed E-state index contributed by atoms with van der Waals surface area (Å²) in [7, 11) is 0. The van der Waals surface area contributed by atoms with E-state index >= 15 is 0 Å². The molecule has 2 atom stereocenters. The number of ketones is 1. The maximum atomic E-state index is 12.1. The fourth-order valence-electron chi connectivity index (χ4n) is 3.91. The number of hydrogen-bond acceptors (Lipinski definition) is 3. The third kappa shape index (κ3) is 1.67. The molecule has 0 radical (unpaired) electrons. The number of halogens is 1. The van der Waals surface area contributed by atoms with Gasteiger partial charge in [0, 0.05) is 28.5 Å². The van der Waals surface area contributed by atoms with E-state index in [9.17, 15) is 15.0 Å². The molecule has 3 aliphatic carbocycles. The first kappa shape index (κ1) is 13.7. The molecule has 4 nitrogen and oxygen atoms in total. The van der Waals surface area contributed by atoms with E-state index < -0.39 is 0 Å². The Kier molecular flexibility index (Phi) is 2.82. The first-order valence-electron chi connectivity index (χ1n) is 7.44. The minimum Gasteiger partial charge on any atom is -0.494 e. The maximum Gasteiger partial charge on any atom is 0.202 e. The number of aryl methyl sites for hydroxylation is 1. The van der Waals surface area contributed by atoms with Gasteiger partial charge in [0.25, 0.3) is 0 Å². The highest BCUT2D eigenvalue weighted by molar-refractivity contribution is 6.31. The summed E-state index contributed by atoms with van der Waals surface area (Å²) in [5.74, 6) is -0.0505. The lowest BCUT2D eigenvalue weighted by Gasteiger charge is -2.34. The van der Waals surface area contributed by atoms with E-state index in [0.717, 1.165) is 24.0 Å². The Morgan fingerprint density at radius 2 is 1.91 bits per heavy atom. The van der Waals surface area contributed by atoms with Crippen LogP contribution in [0.5, 0.6) is 11.8 Å². The Morgan fingerprint density at radius 1 is 1.18 bits per heavy atom. The number of aromatic nitrogens is 1. The highest BCUT2D eigenvalue weighted by Gasteiger charge is 2.45. The number of carbonyl (C=O) groups is 1. The standard InChI is InChI=1S/C17H16ClNO3/c1-8-6-10(3-5-12(8)18)19-16(21)14-9-2-4-11(13(20)7-9)15(14)17(19)22/h3,5-6,9,11,21-22H,2,4,7H2,1H3/t9-,11+/m0/s1. The predicted molar refractivity (Wildman–Crippen MR) is 83.2 cm³/mol. The number of nitrogens with zero attached hydrogens (tertiary/aromatic N) is 1. The van der Waals surface area contributed by atoms with Crippen molar-refractivity contribution >= 4 is 17.4 Å². The summed E-state index contributed by atoms with van der Waals surface area (Å²) >= 11 is 6.05. The van der Waals surface area contributed by atoms with Crippen molar-refractivity contribution in [2.75, 3.05) is 0 Å². The van der Waals surface area contributed by atoms with Crippen LogP contribution in [0.25, 0.3) is 5.69 Å². The summed E-state index contributed by atoms with van der Waals surface area (Å²) in [6.07, 6.45) is 2.11. The van der Waals surface area contributed by atoms with Crippen LogP contribution in [0.4, 0.5) is 0 Å². The van der Waals surface area contributed by atoms with E-state index in [2.05, 4.69) is 0 Å². The summed E-state index contributed by atoms with van der Waals surface area (Å²) in [6, 6.07) is 5.31. The summed E-state index contributed by atoms with van der Waals surface area (Å²) in [4.78, 5) is 12.1. The molecule has 0 unspecified atom stereocenters.